The van der Waals surface area contributed by atoms with Crippen LogP contribution >= 0.6 is 0 Å². The summed E-state index contributed by atoms with van der Waals surface area (Å²) in [6.07, 6.45) is 8.08. The van der Waals surface area contributed by atoms with Crippen molar-refractivity contribution in [2.45, 2.75) is 39.2 Å². The summed E-state index contributed by atoms with van der Waals surface area (Å²) in [7, 11) is 0. The molecule has 4 aromatic rings. The summed E-state index contributed by atoms with van der Waals surface area (Å²) in [5.41, 5.74) is 7.97. The Morgan fingerprint density at radius 3 is 2.80 bits per heavy atom. The first-order chi connectivity index (χ1) is 14.6. The SMILES string of the molecule is Cc1cccc(-n2ncc3c2CCC[C@@H]3NC(=O)c2ccc3nccnc3c2)c1C. The van der Waals surface area contributed by atoms with Gasteiger partial charge in [-0.1, -0.05) is 12.1 Å². The van der Waals surface area contributed by atoms with Gasteiger partial charge in [0.1, 0.15) is 0 Å². The smallest absolute Gasteiger partial charge is 0.251 e. The molecule has 5 rings (SSSR count). The topological polar surface area (TPSA) is 72.7 Å². The summed E-state index contributed by atoms with van der Waals surface area (Å²) >= 11 is 0. The molecule has 2 heterocycles. The third kappa shape index (κ3) is 3.14. The highest BCUT2D eigenvalue weighted by atomic mass is 16.1. The average molecular weight is 397 g/mol. The van der Waals surface area contributed by atoms with Gasteiger partial charge in [-0.25, -0.2) is 4.68 Å². The van der Waals surface area contributed by atoms with Crippen LogP contribution in [0.1, 0.15) is 51.6 Å². The van der Waals surface area contributed by atoms with Crippen LogP contribution in [0.5, 0.6) is 0 Å². The maximum Gasteiger partial charge on any atom is 0.251 e. The quantitative estimate of drug-likeness (QED) is 0.561. The monoisotopic (exact) mass is 397 g/mol. The van der Waals surface area contributed by atoms with E-state index in [1.807, 2.05) is 16.9 Å². The van der Waals surface area contributed by atoms with E-state index >= 15 is 0 Å². The Labute approximate surface area is 175 Å². The summed E-state index contributed by atoms with van der Waals surface area (Å²) in [6, 6.07) is 11.7. The minimum Gasteiger partial charge on any atom is -0.345 e. The maximum atomic E-state index is 13.0. The predicted molar refractivity (Wildman–Crippen MR) is 116 cm³/mol. The van der Waals surface area contributed by atoms with Crippen molar-refractivity contribution in [1.82, 2.24) is 25.1 Å². The van der Waals surface area contributed by atoms with Crippen LogP contribution in [-0.2, 0) is 6.42 Å². The van der Waals surface area contributed by atoms with Gasteiger partial charge in [-0.3, -0.25) is 14.8 Å². The summed E-state index contributed by atoms with van der Waals surface area (Å²) in [6.45, 7) is 4.25. The van der Waals surface area contributed by atoms with Crippen molar-refractivity contribution in [2.75, 3.05) is 0 Å². The molecule has 1 N–H and O–H groups in total. The zero-order valence-electron chi connectivity index (χ0n) is 17.1. The van der Waals surface area contributed by atoms with Gasteiger partial charge in [-0.15, -0.1) is 0 Å². The molecule has 0 aliphatic heterocycles. The first-order valence-electron chi connectivity index (χ1n) is 10.3. The number of amides is 1. The normalized spacial score (nSPS) is 15.7. The second kappa shape index (κ2) is 7.37. The fourth-order valence-electron chi connectivity index (χ4n) is 4.23. The molecular formula is C24H23N5O. The Kier molecular flexibility index (Phi) is 4.54. The number of fused-ring (bicyclic) bond motifs is 2. The minimum absolute atomic E-state index is 0.0438. The van der Waals surface area contributed by atoms with Crippen LogP contribution in [0.15, 0.2) is 55.0 Å². The number of rotatable bonds is 3. The number of nitrogens with zero attached hydrogens (tertiary/aromatic N) is 4. The number of hydrogen-bond donors (Lipinski definition) is 1. The average Bonchev–Trinajstić information content (AvgIpc) is 3.20. The Bertz CT molecular complexity index is 1260. The van der Waals surface area contributed by atoms with Gasteiger partial charge in [0, 0.05) is 29.2 Å². The third-order valence-electron chi connectivity index (χ3n) is 6.02. The highest BCUT2D eigenvalue weighted by Gasteiger charge is 2.27. The number of aromatic nitrogens is 4. The van der Waals surface area contributed by atoms with E-state index in [-0.39, 0.29) is 11.9 Å². The van der Waals surface area contributed by atoms with Crippen molar-refractivity contribution in [3.05, 3.63) is 82.9 Å². The molecule has 6 nitrogen and oxygen atoms in total. The van der Waals surface area contributed by atoms with E-state index in [1.54, 1.807) is 24.5 Å². The zero-order valence-corrected chi connectivity index (χ0v) is 17.1. The molecule has 0 saturated heterocycles. The number of carbonyl (C=O) groups excluding carboxylic acids is 1. The van der Waals surface area contributed by atoms with Crippen molar-refractivity contribution >= 4 is 16.9 Å². The Morgan fingerprint density at radius 1 is 1.10 bits per heavy atom. The predicted octanol–water partition coefficient (Wildman–Crippen LogP) is 4.24. The van der Waals surface area contributed by atoms with Gasteiger partial charge in [-0.2, -0.15) is 5.10 Å². The second-order valence-corrected chi connectivity index (χ2v) is 7.86. The fraction of sp³-hybridized carbons (Fsp3) is 0.250. The van der Waals surface area contributed by atoms with Gasteiger partial charge in [-0.05, 0) is 68.5 Å². The van der Waals surface area contributed by atoms with Crippen molar-refractivity contribution in [2.24, 2.45) is 0 Å². The van der Waals surface area contributed by atoms with Crippen LogP contribution in [0.3, 0.4) is 0 Å². The highest BCUT2D eigenvalue weighted by Crippen LogP contribution is 2.32. The van der Waals surface area contributed by atoms with Crippen LogP contribution in [0, 0.1) is 13.8 Å². The van der Waals surface area contributed by atoms with Crippen LogP contribution in [0.4, 0.5) is 0 Å². The molecule has 1 atom stereocenters. The lowest BCUT2D eigenvalue weighted by Gasteiger charge is -2.24. The molecule has 2 aromatic heterocycles. The molecule has 2 aromatic carbocycles. The molecule has 6 heteroatoms. The summed E-state index contributed by atoms with van der Waals surface area (Å²) < 4.78 is 2.04. The summed E-state index contributed by atoms with van der Waals surface area (Å²) in [4.78, 5) is 21.5. The number of carbonyl (C=O) groups is 1. The van der Waals surface area contributed by atoms with Crippen molar-refractivity contribution in [1.29, 1.82) is 0 Å². The molecule has 0 bridgehead atoms. The van der Waals surface area contributed by atoms with Crippen LogP contribution in [0.2, 0.25) is 0 Å². The molecule has 1 amide bonds. The van der Waals surface area contributed by atoms with Crippen molar-refractivity contribution in [3.63, 3.8) is 0 Å². The zero-order chi connectivity index (χ0) is 20.7. The van der Waals surface area contributed by atoms with Gasteiger partial charge in [0.15, 0.2) is 0 Å². The number of benzene rings is 2. The van der Waals surface area contributed by atoms with Gasteiger partial charge in [0.25, 0.3) is 5.91 Å². The second-order valence-electron chi connectivity index (χ2n) is 7.86. The Morgan fingerprint density at radius 2 is 1.93 bits per heavy atom. The first-order valence-corrected chi connectivity index (χ1v) is 10.3. The highest BCUT2D eigenvalue weighted by molar-refractivity contribution is 5.97. The largest absolute Gasteiger partial charge is 0.345 e. The van der Waals surface area contributed by atoms with E-state index in [2.05, 4.69) is 52.4 Å². The third-order valence-corrected chi connectivity index (χ3v) is 6.02. The van der Waals surface area contributed by atoms with E-state index in [1.165, 1.54) is 16.8 Å². The van der Waals surface area contributed by atoms with Gasteiger partial charge < -0.3 is 5.32 Å². The van der Waals surface area contributed by atoms with Crippen LogP contribution < -0.4 is 5.32 Å². The number of hydrogen-bond acceptors (Lipinski definition) is 4. The van der Waals surface area contributed by atoms with Crippen molar-refractivity contribution < 1.29 is 4.79 Å². The molecule has 150 valence electrons. The molecule has 0 spiro atoms. The van der Waals surface area contributed by atoms with E-state index in [0.29, 0.717) is 5.56 Å². The van der Waals surface area contributed by atoms with E-state index in [9.17, 15) is 4.79 Å². The Hall–Kier alpha value is -3.54. The lowest BCUT2D eigenvalue weighted by molar-refractivity contribution is 0.0933. The number of nitrogens with one attached hydrogen (secondary N) is 1. The first kappa shape index (κ1) is 18.5. The molecule has 1 aliphatic rings. The van der Waals surface area contributed by atoms with Gasteiger partial charge >= 0.3 is 0 Å². The fourth-order valence-corrected chi connectivity index (χ4v) is 4.23. The molecule has 0 radical (unpaired) electrons. The minimum atomic E-state index is -0.0973. The molecule has 1 aliphatic carbocycles. The van der Waals surface area contributed by atoms with E-state index in [0.717, 1.165) is 41.5 Å². The van der Waals surface area contributed by atoms with Gasteiger partial charge in [0.05, 0.1) is 29.0 Å². The molecule has 30 heavy (non-hydrogen) atoms. The number of aryl methyl sites for hydroxylation is 1. The van der Waals surface area contributed by atoms with E-state index in [4.69, 9.17) is 0 Å². The lowest BCUT2D eigenvalue weighted by atomic mass is 9.92. The molecule has 0 fully saturated rings. The van der Waals surface area contributed by atoms with E-state index < -0.39 is 0 Å². The molecule has 0 saturated carbocycles. The molecule has 0 unspecified atom stereocenters. The van der Waals surface area contributed by atoms with Crippen LogP contribution in [-0.4, -0.2) is 25.7 Å². The summed E-state index contributed by atoms with van der Waals surface area (Å²) in [5, 5.41) is 7.89. The Balaban J connectivity index is 1.44. The van der Waals surface area contributed by atoms with Gasteiger partial charge in [0.2, 0.25) is 0 Å². The standard InChI is InChI=1S/C24H23N5O/c1-15-5-3-7-22(16(15)2)29-23-8-4-6-19(18(23)14-27-29)28-24(30)17-9-10-20-21(13-17)26-12-11-25-20/h3,5,7,9-14,19H,4,6,8H2,1-2H3,(H,28,30)/t19-/m0/s1. The summed E-state index contributed by atoms with van der Waals surface area (Å²) in [5.74, 6) is -0.0973. The lowest BCUT2D eigenvalue weighted by Crippen LogP contribution is -2.31. The van der Waals surface area contributed by atoms with Crippen LogP contribution in [0.25, 0.3) is 16.7 Å². The molecular weight excluding hydrogens is 374 g/mol. The van der Waals surface area contributed by atoms with Crippen molar-refractivity contribution in [3.8, 4) is 5.69 Å². The maximum absolute atomic E-state index is 13.0.